The third-order valence-electron chi connectivity index (χ3n) is 6.96. The quantitative estimate of drug-likeness (QED) is 0.876. The van der Waals surface area contributed by atoms with Crippen molar-refractivity contribution in [1.29, 1.82) is 0 Å². The molecule has 5 nitrogen and oxygen atoms in total. The molecule has 0 radical (unpaired) electrons. The van der Waals surface area contributed by atoms with E-state index in [1.54, 1.807) is 0 Å². The highest BCUT2D eigenvalue weighted by Gasteiger charge is 2.51. The van der Waals surface area contributed by atoms with E-state index >= 15 is 0 Å². The Morgan fingerprint density at radius 1 is 1.00 bits per heavy atom. The SMILES string of the molecule is O=C1CCC(C(=O)Nc2ccc(C34CC5CC(CC(C5)C3)C4)cc2)=NN1. The van der Waals surface area contributed by atoms with Crippen LogP contribution in [0.15, 0.2) is 29.4 Å². The Labute approximate surface area is 153 Å². The maximum absolute atomic E-state index is 12.3. The van der Waals surface area contributed by atoms with Gasteiger partial charge >= 0.3 is 0 Å². The molecule has 5 heteroatoms. The molecule has 4 saturated carbocycles. The Morgan fingerprint density at radius 2 is 1.62 bits per heavy atom. The molecule has 0 spiro atoms. The molecule has 6 rings (SSSR count). The number of hydrazone groups is 1. The number of nitrogens with zero attached hydrogens (tertiary/aromatic N) is 1. The second kappa shape index (κ2) is 5.93. The van der Waals surface area contributed by atoms with Gasteiger partial charge in [0.25, 0.3) is 5.91 Å². The summed E-state index contributed by atoms with van der Waals surface area (Å²) in [4.78, 5) is 23.4. The van der Waals surface area contributed by atoms with Crippen LogP contribution in [-0.2, 0) is 15.0 Å². The normalized spacial score (nSPS) is 35.0. The van der Waals surface area contributed by atoms with Crippen LogP contribution in [0.4, 0.5) is 5.69 Å². The summed E-state index contributed by atoms with van der Waals surface area (Å²) in [5.74, 6) is 2.43. The van der Waals surface area contributed by atoms with Crippen molar-refractivity contribution in [3.63, 3.8) is 0 Å². The minimum absolute atomic E-state index is 0.138. The first-order valence-corrected chi connectivity index (χ1v) is 9.87. The van der Waals surface area contributed by atoms with Crippen molar-refractivity contribution in [1.82, 2.24) is 5.43 Å². The number of amides is 2. The average Bonchev–Trinajstić information content (AvgIpc) is 2.61. The summed E-state index contributed by atoms with van der Waals surface area (Å²) >= 11 is 0. The fourth-order valence-electron chi connectivity index (χ4n) is 6.21. The number of anilines is 1. The van der Waals surface area contributed by atoms with Gasteiger partial charge in [-0.2, -0.15) is 5.10 Å². The van der Waals surface area contributed by atoms with E-state index in [1.165, 1.54) is 44.1 Å². The lowest BCUT2D eigenvalue weighted by molar-refractivity contribution is -0.121. The highest BCUT2D eigenvalue weighted by Crippen LogP contribution is 2.60. The maximum atomic E-state index is 12.3. The lowest BCUT2D eigenvalue weighted by Crippen LogP contribution is -2.48. The van der Waals surface area contributed by atoms with Gasteiger partial charge in [-0.15, -0.1) is 0 Å². The maximum Gasteiger partial charge on any atom is 0.271 e. The smallest absolute Gasteiger partial charge is 0.271 e. The Bertz CT molecular complexity index is 746. The summed E-state index contributed by atoms with van der Waals surface area (Å²) in [5, 5.41) is 6.76. The number of hydrogen-bond acceptors (Lipinski definition) is 3. The third kappa shape index (κ3) is 2.74. The molecule has 2 amide bonds. The van der Waals surface area contributed by atoms with Gasteiger partial charge in [0.2, 0.25) is 5.91 Å². The van der Waals surface area contributed by atoms with Crippen LogP contribution in [-0.4, -0.2) is 17.5 Å². The van der Waals surface area contributed by atoms with E-state index in [0.29, 0.717) is 24.0 Å². The van der Waals surface area contributed by atoms with Gasteiger partial charge in [-0.3, -0.25) is 9.59 Å². The number of rotatable bonds is 3. The van der Waals surface area contributed by atoms with Crippen molar-refractivity contribution in [3.8, 4) is 0 Å². The molecule has 136 valence electrons. The highest BCUT2D eigenvalue weighted by molar-refractivity contribution is 6.43. The minimum Gasteiger partial charge on any atom is -0.321 e. The van der Waals surface area contributed by atoms with Crippen molar-refractivity contribution < 1.29 is 9.59 Å². The Balaban J connectivity index is 1.30. The molecule has 1 heterocycles. The molecule has 0 saturated heterocycles. The van der Waals surface area contributed by atoms with Gasteiger partial charge in [0.1, 0.15) is 5.71 Å². The van der Waals surface area contributed by atoms with Crippen molar-refractivity contribution in [3.05, 3.63) is 29.8 Å². The van der Waals surface area contributed by atoms with Crippen LogP contribution in [0.25, 0.3) is 0 Å². The van der Waals surface area contributed by atoms with Crippen molar-refractivity contribution in [2.24, 2.45) is 22.9 Å². The van der Waals surface area contributed by atoms with E-state index in [4.69, 9.17) is 0 Å². The summed E-state index contributed by atoms with van der Waals surface area (Å²) in [6, 6.07) is 8.47. The van der Waals surface area contributed by atoms with Gasteiger partial charge in [0.05, 0.1) is 0 Å². The topological polar surface area (TPSA) is 70.6 Å². The molecule has 4 bridgehead atoms. The van der Waals surface area contributed by atoms with E-state index in [2.05, 4.69) is 28.0 Å². The molecular weight excluding hydrogens is 326 g/mol. The van der Waals surface area contributed by atoms with Crippen LogP contribution in [0, 0.1) is 17.8 Å². The van der Waals surface area contributed by atoms with Gasteiger partial charge in [0.15, 0.2) is 0 Å². The average molecular weight is 351 g/mol. The zero-order chi connectivity index (χ0) is 17.7. The van der Waals surface area contributed by atoms with Gasteiger partial charge in [0, 0.05) is 18.5 Å². The van der Waals surface area contributed by atoms with Crippen LogP contribution < -0.4 is 10.7 Å². The molecule has 5 aliphatic rings. The van der Waals surface area contributed by atoms with E-state index in [0.717, 1.165) is 23.4 Å². The largest absolute Gasteiger partial charge is 0.321 e. The number of benzene rings is 1. The van der Waals surface area contributed by atoms with Crippen LogP contribution in [0.2, 0.25) is 0 Å². The molecule has 0 unspecified atom stereocenters. The summed E-state index contributed by atoms with van der Waals surface area (Å²) in [5.41, 5.74) is 5.39. The summed E-state index contributed by atoms with van der Waals surface area (Å²) < 4.78 is 0. The Hall–Kier alpha value is -2.17. The summed E-state index contributed by atoms with van der Waals surface area (Å²) in [6.07, 6.45) is 9.11. The van der Waals surface area contributed by atoms with Crippen LogP contribution in [0.3, 0.4) is 0 Å². The Kier molecular flexibility index (Phi) is 3.66. The van der Waals surface area contributed by atoms with Crippen molar-refractivity contribution in [2.45, 2.75) is 56.8 Å². The first kappa shape index (κ1) is 16.0. The predicted octanol–water partition coefficient (Wildman–Crippen LogP) is 3.36. The zero-order valence-electron chi connectivity index (χ0n) is 15.0. The van der Waals surface area contributed by atoms with Gasteiger partial charge < -0.3 is 5.32 Å². The number of nitrogens with one attached hydrogen (secondary N) is 2. The van der Waals surface area contributed by atoms with Crippen LogP contribution in [0.1, 0.15) is 56.9 Å². The molecule has 0 aromatic heterocycles. The standard InChI is InChI=1S/C21H25N3O2/c25-19-6-5-18(23-24-19)20(26)22-17-3-1-16(2-4-17)21-10-13-7-14(11-21)9-15(8-13)12-21/h1-4,13-15H,5-12H2,(H,22,26)(H,24,25). The first-order chi connectivity index (χ1) is 12.6. The van der Waals surface area contributed by atoms with Crippen LogP contribution in [0.5, 0.6) is 0 Å². The zero-order valence-corrected chi connectivity index (χ0v) is 15.0. The Morgan fingerprint density at radius 3 is 2.15 bits per heavy atom. The molecule has 0 atom stereocenters. The summed E-state index contributed by atoms with van der Waals surface area (Å²) in [7, 11) is 0. The van der Waals surface area contributed by atoms with Crippen LogP contribution >= 0.6 is 0 Å². The molecule has 1 aromatic rings. The predicted molar refractivity (Wildman–Crippen MR) is 99.7 cm³/mol. The molecule has 26 heavy (non-hydrogen) atoms. The van der Waals surface area contributed by atoms with E-state index < -0.39 is 0 Å². The lowest BCUT2D eigenvalue weighted by atomic mass is 9.48. The third-order valence-corrected chi connectivity index (χ3v) is 6.96. The second-order valence-electron chi connectivity index (χ2n) is 8.82. The van der Waals surface area contributed by atoms with Gasteiger partial charge in [-0.25, -0.2) is 5.43 Å². The molecule has 1 aliphatic heterocycles. The highest BCUT2D eigenvalue weighted by atomic mass is 16.2. The monoisotopic (exact) mass is 351 g/mol. The molecular formula is C21H25N3O2. The molecule has 4 aliphatic carbocycles. The fourth-order valence-corrected chi connectivity index (χ4v) is 6.21. The lowest BCUT2D eigenvalue weighted by Gasteiger charge is -2.57. The number of hydrogen-bond donors (Lipinski definition) is 2. The molecule has 1 aromatic carbocycles. The second-order valence-corrected chi connectivity index (χ2v) is 8.82. The number of carbonyl (C=O) groups is 2. The van der Waals surface area contributed by atoms with Gasteiger partial charge in [-0.1, -0.05) is 12.1 Å². The fraction of sp³-hybridized carbons (Fsp3) is 0.571. The van der Waals surface area contributed by atoms with E-state index in [1.807, 2.05) is 12.1 Å². The first-order valence-electron chi connectivity index (χ1n) is 9.87. The molecule has 4 fully saturated rings. The van der Waals surface area contributed by atoms with E-state index in [9.17, 15) is 9.59 Å². The van der Waals surface area contributed by atoms with Gasteiger partial charge in [-0.05, 0) is 79.4 Å². The van der Waals surface area contributed by atoms with Crippen molar-refractivity contribution in [2.75, 3.05) is 5.32 Å². The minimum atomic E-state index is -0.229. The molecule has 2 N–H and O–H groups in total. The number of carbonyl (C=O) groups excluding carboxylic acids is 2. The van der Waals surface area contributed by atoms with E-state index in [-0.39, 0.29) is 11.8 Å². The van der Waals surface area contributed by atoms with Crippen molar-refractivity contribution >= 4 is 23.2 Å². The summed E-state index contributed by atoms with van der Waals surface area (Å²) in [6.45, 7) is 0.